The summed E-state index contributed by atoms with van der Waals surface area (Å²) < 4.78 is 0. The molecule has 0 aromatic heterocycles. The van der Waals surface area contributed by atoms with E-state index in [1.54, 1.807) is 16.7 Å². The first-order chi connectivity index (χ1) is 2.98. The van der Waals surface area contributed by atoms with Crippen LogP contribution < -0.4 is 0 Å². The maximum atomic E-state index is 2.36. The van der Waals surface area contributed by atoms with Crippen LogP contribution in [0.3, 0.4) is 0 Å². The number of fused-ring (bicyclic) bond motifs is 1. The summed E-state index contributed by atoms with van der Waals surface area (Å²) >= 11 is 0. The van der Waals surface area contributed by atoms with Gasteiger partial charge in [0.05, 0.1) is 0 Å². The number of rotatable bonds is 0. The predicted molar refractivity (Wildman–Crippen MR) is 23.2 cm³/mol. The standard InChI is InChI=1S/C6H4/c1-2-4-5-3(1)6(4)5/h1,5H,2H2. The molecule has 1 atom stereocenters. The van der Waals surface area contributed by atoms with Crippen LogP contribution in [-0.4, -0.2) is 0 Å². The fourth-order valence-electron chi connectivity index (χ4n) is 1.48. The van der Waals surface area contributed by atoms with Gasteiger partial charge in [0.25, 0.3) is 0 Å². The van der Waals surface area contributed by atoms with E-state index in [4.69, 9.17) is 0 Å². The van der Waals surface area contributed by atoms with Gasteiger partial charge < -0.3 is 0 Å². The van der Waals surface area contributed by atoms with Gasteiger partial charge in [-0.2, -0.15) is 0 Å². The number of hydrogen-bond donors (Lipinski definition) is 0. The molecule has 0 aliphatic heterocycles. The van der Waals surface area contributed by atoms with Crippen molar-refractivity contribution in [2.24, 2.45) is 5.92 Å². The molecule has 0 aromatic rings. The van der Waals surface area contributed by atoms with Crippen molar-refractivity contribution in [2.75, 3.05) is 0 Å². The molecule has 28 valence electrons. The van der Waals surface area contributed by atoms with Crippen molar-refractivity contribution in [3.8, 4) is 0 Å². The molecular formula is C6H4. The Labute approximate surface area is 36.2 Å². The van der Waals surface area contributed by atoms with E-state index in [0.717, 1.165) is 5.92 Å². The summed E-state index contributed by atoms with van der Waals surface area (Å²) in [4.78, 5) is 0. The molecule has 4 aliphatic carbocycles. The van der Waals surface area contributed by atoms with Crippen molar-refractivity contribution in [1.82, 2.24) is 0 Å². The highest BCUT2D eigenvalue weighted by atomic mass is 14.6. The topological polar surface area (TPSA) is 0 Å². The monoisotopic (exact) mass is 76.0 g/mol. The minimum absolute atomic E-state index is 0.991. The van der Waals surface area contributed by atoms with E-state index in [9.17, 15) is 0 Å². The van der Waals surface area contributed by atoms with E-state index in [1.807, 2.05) is 0 Å². The zero-order valence-electron chi connectivity index (χ0n) is 3.36. The van der Waals surface area contributed by atoms with Crippen LogP contribution in [0.1, 0.15) is 6.42 Å². The van der Waals surface area contributed by atoms with Crippen molar-refractivity contribution < 1.29 is 0 Å². The van der Waals surface area contributed by atoms with E-state index < -0.39 is 0 Å². The molecule has 6 heavy (non-hydrogen) atoms. The first kappa shape index (κ1) is 1.97. The Morgan fingerprint density at radius 1 is 1.67 bits per heavy atom. The van der Waals surface area contributed by atoms with Crippen molar-refractivity contribution in [3.05, 3.63) is 22.8 Å². The normalized spacial score (nSPS) is 42.7. The van der Waals surface area contributed by atoms with Crippen molar-refractivity contribution in [3.63, 3.8) is 0 Å². The molecule has 4 rings (SSSR count). The van der Waals surface area contributed by atoms with E-state index in [-0.39, 0.29) is 0 Å². The molecule has 1 saturated carbocycles. The largest absolute Gasteiger partial charge is 0.0759 e. The Morgan fingerprint density at radius 3 is 2.67 bits per heavy atom. The van der Waals surface area contributed by atoms with Gasteiger partial charge in [0.1, 0.15) is 0 Å². The van der Waals surface area contributed by atoms with Gasteiger partial charge >= 0.3 is 0 Å². The van der Waals surface area contributed by atoms with Gasteiger partial charge in [-0.1, -0.05) is 11.6 Å². The van der Waals surface area contributed by atoms with Crippen LogP contribution in [0.2, 0.25) is 0 Å². The van der Waals surface area contributed by atoms with Gasteiger partial charge in [-0.3, -0.25) is 0 Å². The van der Waals surface area contributed by atoms with Crippen LogP contribution in [0.4, 0.5) is 0 Å². The number of hydrogen-bond acceptors (Lipinski definition) is 0. The second-order valence-corrected chi connectivity index (χ2v) is 2.24. The average Bonchev–Trinajstić information content (AvgIpc) is 2.30. The third kappa shape index (κ3) is 0.0510. The lowest BCUT2D eigenvalue weighted by molar-refractivity contribution is 1.25. The van der Waals surface area contributed by atoms with Gasteiger partial charge in [-0.05, 0) is 17.6 Å². The second-order valence-electron chi connectivity index (χ2n) is 2.24. The molecule has 4 aliphatic rings. The van der Waals surface area contributed by atoms with E-state index >= 15 is 0 Å². The minimum Gasteiger partial charge on any atom is -0.0759 e. The number of allylic oxidation sites excluding steroid dienone is 4. The molecule has 1 fully saturated rings. The highest BCUT2D eigenvalue weighted by Crippen LogP contribution is 2.72. The van der Waals surface area contributed by atoms with Gasteiger partial charge in [0.15, 0.2) is 0 Å². The molecule has 2 bridgehead atoms. The Kier molecular flexibility index (Phi) is 0.0978. The Morgan fingerprint density at radius 2 is 2.50 bits per heavy atom. The Bertz CT molecular complexity index is 190. The van der Waals surface area contributed by atoms with Crippen LogP contribution >= 0.6 is 0 Å². The highest BCUT2D eigenvalue weighted by molar-refractivity contribution is 5.82. The quantitative estimate of drug-likeness (QED) is 0.407. The summed E-state index contributed by atoms with van der Waals surface area (Å²) in [7, 11) is 0. The Hall–Kier alpha value is -0.520. The van der Waals surface area contributed by atoms with E-state index in [0.29, 0.717) is 0 Å². The fraction of sp³-hybridized carbons (Fsp3) is 0.333. The molecule has 0 heterocycles. The highest BCUT2D eigenvalue weighted by Gasteiger charge is 2.59. The lowest BCUT2D eigenvalue weighted by atomic mass is 10.3. The molecule has 0 radical (unpaired) electrons. The molecule has 0 spiro atoms. The maximum Gasteiger partial charge on any atom is 0.0311 e. The van der Waals surface area contributed by atoms with Gasteiger partial charge in [-0.25, -0.2) is 0 Å². The van der Waals surface area contributed by atoms with Crippen molar-refractivity contribution in [1.29, 1.82) is 0 Å². The first-order valence-electron chi connectivity index (χ1n) is 2.42. The zero-order chi connectivity index (χ0) is 3.72. The lowest BCUT2D eigenvalue weighted by Gasteiger charge is -1.69. The van der Waals surface area contributed by atoms with Crippen LogP contribution in [-0.2, 0) is 0 Å². The van der Waals surface area contributed by atoms with Crippen LogP contribution in [0.5, 0.6) is 0 Å². The predicted octanol–water partition coefficient (Wildman–Crippen LogP) is 1.26. The van der Waals surface area contributed by atoms with E-state index in [1.165, 1.54) is 6.42 Å². The van der Waals surface area contributed by atoms with Crippen molar-refractivity contribution in [2.45, 2.75) is 6.42 Å². The Balaban J connectivity index is 2.64. The lowest BCUT2D eigenvalue weighted by Crippen LogP contribution is -1.56. The van der Waals surface area contributed by atoms with Crippen molar-refractivity contribution >= 4 is 0 Å². The molecule has 0 N–H and O–H groups in total. The van der Waals surface area contributed by atoms with Crippen LogP contribution in [0, 0.1) is 5.92 Å². The molecule has 0 nitrogen and oxygen atoms in total. The fourth-order valence-corrected chi connectivity index (χ4v) is 1.48. The molecule has 1 unspecified atom stereocenters. The second kappa shape index (κ2) is 0.299. The summed E-state index contributed by atoms with van der Waals surface area (Å²) in [5, 5.41) is 0. The smallest absolute Gasteiger partial charge is 0.0311 e. The minimum atomic E-state index is 0.991. The van der Waals surface area contributed by atoms with Gasteiger partial charge in [-0.15, -0.1) is 0 Å². The van der Waals surface area contributed by atoms with Gasteiger partial charge in [0, 0.05) is 5.92 Å². The summed E-state index contributed by atoms with van der Waals surface area (Å²) in [6.07, 6.45) is 3.67. The zero-order valence-corrected chi connectivity index (χ0v) is 3.36. The molecule has 0 saturated heterocycles. The molecule has 0 aromatic carbocycles. The summed E-state index contributed by atoms with van der Waals surface area (Å²) in [5.74, 6) is 0.991. The molecule has 0 amide bonds. The average molecular weight is 76.1 g/mol. The molecule has 0 heteroatoms. The van der Waals surface area contributed by atoms with E-state index in [2.05, 4.69) is 6.08 Å². The first-order valence-corrected chi connectivity index (χ1v) is 2.42. The summed E-state index contributed by atoms with van der Waals surface area (Å²) in [5.41, 5.74) is 5.17. The summed E-state index contributed by atoms with van der Waals surface area (Å²) in [6.45, 7) is 0. The van der Waals surface area contributed by atoms with Crippen LogP contribution in [0.25, 0.3) is 0 Å². The maximum absolute atomic E-state index is 2.36. The van der Waals surface area contributed by atoms with Gasteiger partial charge in [0.2, 0.25) is 0 Å². The SMILES string of the molecule is C1=C2C3=C(C1)C23. The third-order valence-electron chi connectivity index (χ3n) is 1.98. The van der Waals surface area contributed by atoms with Crippen LogP contribution in [0.15, 0.2) is 22.8 Å². The third-order valence-corrected chi connectivity index (χ3v) is 1.98. The molecular weight excluding hydrogens is 72.1 g/mol. The summed E-state index contributed by atoms with van der Waals surface area (Å²) in [6, 6.07) is 0.